The highest BCUT2D eigenvalue weighted by atomic mass is 35.5. The van der Waals surface area contributed by atoms with Crippen LogP contribution in [0.5, 0.6) is 0 Å². The lowest BCUT2D eigenvalue weighted by Gasteiger charge is -2.31. The highest BCUT2D eigenvalue weighted by Crippen LogP contribution is 2.28. The molecule has 0 saturated carbocycles. The summed E-state index contributed by atoms with van der Waals surface area (Å²) in [4.78, 5) is 28.2. The first-order valence-electron chi connectivity index (χ1n) is 12.7. The van der Waals surface area contributed by atoms with Crippen molar-refractivity contribution in [3.8, 4) is 0 Å². The van der Waals surface area contributed by atoms with Gasteiger partial charge in [0.1, 0.15) is 6.04 Å². The minimum Gasteiger partial charge on any atom is -0.354 e. The van der Waals surface area contributed by atoms with Gasteiger partial charge in [-0.05, 0) is 55.9 Å². The molecule has 7 nitrogen and oxygen atoms in total. The summed E-state index contributed by atoms with van der Waals surface area (Å²) in [6, 6.07) is 12.4. The number of hydrogen-bond acceptors (Lipinski definition) is 4. The molecule has 0 aliphatic heterocycles. The van der Waals surface area contributed by atoms with Crippen LogP contribution in [0.25, 0.3) is 0 Å². The zero-order valence-corrected chi connectivity index (χ0v) is 24.3. The Morgan fingerprint density at radius 1 is 1.08 bits per heavy atom. The Kier molecular flexibility index (Phi) is 11.4. The Labute approximate surface area is 227 Å². The second-order valence-electron chi connectivity index (χ2n) is 9.90. The van der Waals surface area contributed by atoms with Crippen LogP contribution in [-0.2, 0) is 26.2 Å². The largest absolute Gasteiger partial charge is 0.354 e. The smallest absolute Gasteiger partial charge is 0.242 e. The molecule has 9 heteroatoms. The Morgan fingerprint density at radius 2 is 1.76 bits per heavy atom. The van der Waals surface area contributed by atoms with Gasteiger partial charge in [-0.1, -0.05) is 68.3 Å². The predicted molar refractivity (Wildman–Crippen MR) is 151 cm³/mol. The molecule has 0 unspecified atom stereocenters. The molecule has 0 radical (unpaired) electrons. The Morgan fingerprint density at radius 3 is 2.35 bits per heavy atom. The molecule has 0 aliphatic rings. The van der Waals surface area contributed by atoms with E-state index in [0.717, 1.165) is 17.4 Å². The maximum Gasteiger partial charge on any atom is 0.242 e. The summed E-state index contributed by atoms with van der Waals surface area (Å²) in [6.07, 6.45) is 2.02. The Bertz CT molecular complexity index is 1180. The van der Waals surface area contributed by atoms with E-state index in [1.54, 1.807) is 30.0 Å². The molecule has 0 aliphatic carbocycles. The van der Waals surface area contributed by atoms with Crippen molar-refractivity contribution < 1.29 is 18.0 Å². The van der Waals surface area contributed by atoms with Crippen LogP contribution in [0.2, 0.25) is 5.02 Å². The lowest BCUT2D eigenvalue weighted by atomic mass is 10.1. The summed E-state index contributed by atoms with van der Waals surface area (Å²) in [6.45, 7) is 10.6. The molecule has 2 aromatic rings. The van der Waals surface area contributed by atoms with Crippen molar-refractivity contribution in [2.24, 2.45) is 5.92 Å². The van der Waals surface area contributed by atoms with Crippen LogP contribution in [0.15, 0.2) is 42.5 Å². The van der Waals surface area contributed by atoms with Gasteiger partial charge >= 0.3 is 0 Å². The van der Waals surface area contributed by atoms with Gasteiger partial charge in [0.15, 0.2) is 0 Å². The molecule has 0 spiro atoms. The first-order chi connectivity index (χ1) is 17.3. The number of hydrogen-bond donors (Lipinski definition) is 1. The monoisotopic (exact) mass is 549 g/mol. The molecule has 37 heavy (non-hydrogen) atoms. The normalized spacial score (nSPS) is 12.3. The van der Waals surface area contributed by atoms with Gasteiger partial charge in [0.2, 0.25) is 21.8 Å². The number of nitrogens with zero attached hydrogens (tertiary/aromatic N) is 2. The van der Waals surface area contributed by atoms with E-state index in [4.69, 9.17) is 11.6 Å². The Balaban J connectivity index is 2.24. The molecule has 1 N–H and O–H groups in total. The van der Waals surface area contributed by atoms with E-state index in [-0.39, 0.29) is 24.8 Å². The molecule has 2 aromatic carbocycles. The molecule has 1 atom stereocenters. The highest BCUT2D eigenvalue weighted by molar-refractivity contribution is 7.92. The molecule has 0 aromatic heterocycles. The molecular weight excluding hydrogens is 510 g/mol. The first-order valence-corrected chi connectivity index (χ1v) is 14.9. The van der Waals surface area contributed by atoms with Crippen molar-refractivity contribution in [3.63, 3.8) is 0 Å². The number of sulfonamides is 1. The first kappa shape index (κ1) is 30.6. The van der Waals surface area contributed by atoms with Crippen molar-refractivity contribution >= 4 is 39.1 Å². The van der Waals surface area contributed by atoms with Crippen molar-refractivity contribution in [3.05, 3.63) is 64.2 Å². The maximum absolute atomic E-state index is 13.5. The summed E-state index contributed by atoms with van der Waals surface area (Å²) < 4.78 is 26.5. The molecular formula is C28H40ClN3O4S. The van der Waals surface area contributed by atoms with Crippen molar-refractivity contribution in [2.45, 2.75) is 66.5 Å². The van der Waals surface area contributed by atoms with Crippen LogP contribution in [0, 0.1) is 19.8 Å². The molecule has 0 fully saturated rings. The highest BCUT2D eigenvalue weighted by Gasteiger charge is 2.29. The van der Waals surface area contributed by atoms with E-state index in [0.29, 0.717) is 48.1 Å². The van der Waals surface area contributed by atoms with Crippen LogP contribution in [0.3, 0.4) is 0 Å². The second kappa shape index (κ2) is 13.8. The van der Waals surface area contributed by atoms with Crippen LogP contribution < -0.4 is 9.62 Å². The van der Waals surface area contributed by atoms with E-state index >= 15 is 0 Å². The zero-order chi connectivity index (χ0) is 27.8. The van der Waals surface area contributed by atoms with Crippen molar-refractivity contribution in [1.82, 2.24) is 10.2 Å². The van der Waals surface area contributed by atoms with E-state index in [1.165, 1.54) is 4.31 Å². The number of benzene rings is 2. The van der Waals surface area contributed by atoms with Crippen LogP contribution in [-0.4, -0.2) is 50.5 Å². The fraction of sp³-hybridized carbons (Fsp3) is 0.500. The average Bonchev–Trinajstić information content (AvgIpc) is 2.81. The summed E-state index contributed by atoms with van der Waals surface area (Å²) in [5.74, 6) is -0.0758. The van der Waals surface area contributed by atoms with Gasteiger partial charge in [0.05, 0.1) is 11.9 Å². The van der Waals surface area contributed by atoms with E-state index < -0.39 is 16.1 Å². The number of anilines is 1. The number of nitrogens with one attached hydrogen (secondary N) is 1. The van der Waals surface area contributed by atoms with Gasteiger partial charge in [-0.2, -0.15) is 0 Å². The Hall–Kier alpha value is -2.58. The molecule has 0 bridgehead atoms. The molecule has 2 rings (SSSR count). The lowest BCUT2D eigenvalue weighted by Crippen LogP contribution is -2.49. The minimum atomic E-state index is -3.59. The number of rotatable bonds is 13. The van der Waals surface area contributed by atoms with E-state index in [1.807, 2.05) is 52.0 Å². The van der Waals surface area contributed by atoms with Gasteiger partial charge in [-0.15, -0.1) is 0 Å². The summed E-state index contributed by atoms with van der Waals surface area (Å²) in [5.41, 5.74) is 3.17. The van der Waals surface area contributed by atoms with Gasteiger partial charge in [0.25, 0.3) is 0 Å². The standard InChI is InChI=1S/C28H40ClN3O4S/c1-7-25(28(34)30-18-20(2)3)31(19-23-12-8-11-21(4)17-23)27(33)15-10-16-32(37(6,35)36)26-14-9-13-24(29)22(26)5/h8-9,11-14,17,20,25H,7,10,15-16,18-19H2,1-6H3,(H,30,34)/t25-/m0/s1. The molecule has 0 heterocycles. The fourth-order valence-electron chi connectivity index (χ4n) is 4.20. The number of carbonyl (C=O) groups excluding carboxylic acids is 2. The SMILES string of the molecule is CC[C@@H](C(=O)NCC(C)C)N(Cc1cccc(C)c1)C(=O)CCCN(c1cccc(Cl)c1C)S(C)(=O)=O. The van der Waals surface area contributed by atoms with Gasteiger partial charge in [-0.25, -0.2) is 8.42 Å². The third kappa shape index (κ3) is 9.04. The fourth-order valence-corrected chi connectivity index (χ4v) is 5.38. The maximum atomic E-state index is 13.5. The van der Waals surface area contributed by atoms with Gasteiger partial charge < -0.3 is 10.2 Å². The van der Waals surface area contributed by atoms with Gasteiger partial charge in [0, 0.05) is 31.1 Å². The second-order valence-corrected chi connectivity index (χ2v) is 12.2. The van der Waals surface area contributed by atoms with E-state index in [9.17, 15) is 18.0 Å². The van der Waals surface area contributed by atoms with E-state index in [2.05, 4.69) is 5.32 Å². The third-order valence-electron chi connectivity index (χ3n) is 6.17. The summed E-state index contributed by atoms with van der Waals surface area (Å²) >= 11 is 6.23. The third-order valence-corrected chi connectivity index (χ3v) is 7.76. The number of amides is 2. The van der Waals surface area contributed by atoms with Crippen molar-refractivity contribution in [2.75, 3.05) is 23.7 Å². The van der Waals surface area contributed by atoms with Crippen LogP contribution >= 0.6 is 11.6 Å². The van der Waals surface area contributed by atoms with Crippen LogP contribution in [0.1, 0.15) is 56.7 Å². The van der Waals surface area contributed by atoms with Gasteiger partial charge in [-0.3, -0.25) is 13.9 Å². The quantitative estimate of drug-likeness (QED) is 0.377. The zero-order valence-electron chi connectivity index (χ0n) is 22.8. The van der Waals surface area contributed by atoms with Crippen LogP contribution in [0.4, 0.5) is 5.69 Å². The summed E-state index contributed by atoms with van der Waals surface area (Å²) in [7, 11) is -3.59. The molecule has 0 saturated heterocycles. The van der Waals surface area contributed by atoms with Crippen molar-refractivity contribution in [1.29, 1.82) is 0 Å². The molecule has 2 amide bonds. The number of aryl methyl sites for hydroxylation is 1. The topological polar surface area (TPSA) is 86.8 Å². The summed E-state index contributed by atoms with van der Waals surface area (Å²) in [5, 5.41) is 3.44. The average molecular weight is 550 g/mol. The predicted octanol–water partition coefficient (Wildman–Crippen LogP) is 5.08. The lowest BCUT2D eigenvalue weighted by molar-refractivity contribution is -0.141. The number of halogens is 1. The minimum absolute atomic E-state index is 0.103. The number of carbonyl (C=O) groups is 2. The molecule has 204 valence electrons.